The Balaban J connectivity index is 1.87. The Morgan fingerprint density at radius 2 is 2.24 bits per heavy atom. The average Bonchev–Trinajstić information content (AvgIpc) is 2.51. The van der Waals surface area contributed by atoms with Crippen LogP contribution in [0.3, 0.4) is 0 Å². The molecule has 4 heteroatoms. The Hall–Kier alpha value is -0.970. The molecule has 112 valence electrons. The van der Waals surface area contributed by atoms with Gasteiger partial charge >= 0.3 is 0 Å². The zero-order valence-corrected chi connectivity index (χ0v) is 13.9. The number of hydrogen-bond donors (Lipinski definition) is 1. The Bertz CT molecular complexity index is 646. The summed E-state index contributed by atoms with van der Waals surface area (Å²) in [7, 11) is 0. The summed E-state index contributed by atoms with van der Waals surface area (Å²) in [5.74, 6) is 0. The second-order valence-corrected chi connectivity index (χ2v) is 7.24. The lowest BCUT2D eigenvalue weighted by atomic mass is 9.82. The van der Waals surface area contributed by atoms with Crippen molar-refractivity contribution >= 4 is 26.8 Å². The van der Waals surface area contributed by atoms with Crippen molar-refractivity contribution < 1.29 is 5.11 Å². The van der Waals surface area contributed by atoms with E-state index in [1.54, 1.807) is 0 Å². The van der Waals surface area contributed by atoms with E-state index in [4.69, 9.17) is 0 Å². The second-order valence-electron chi connectivity index (χ2n) is 6.39. The minimum Gasteiger partial charge on any atom is -0.396 e. The van der Waals surface area contributed by atoms with Crippen molar-refractivity contribution in [2.45, 2.75) is 26.3 Å². The highest BCUT2D eigenvalue weighted by atomic mass is 79.9. The first-order chi connectivity index (χ1) is 10.1. The van der Waals surface area contributed by atoms with E-state index in [-0.39, 0.29) is 12.0 Å². The number of aromatic nitrogens is 1. The van der Waals surface area contributed by atoms with Crippen molar-refractivity contribution in [2.75, 3.05) is 19.7 Å². The molecule has 0 radical (unpaired) electrons. The molecule has 1 saturated heterocycles. The molecule has 1 aromatic carbocycles. The molecule has 1 unspecified atom stereocenters. The van der Waals surface area contributed by atoms with Gasteiger partial charge in [-0.1, -0.05) is 35.0 Å². The van der Waals surface area contributed by atoms with Gasteiger partial charge in [0.1, 0.15) is 0 Å². The Labute approximate surface area is 134 Å². The first-order valence-electron chi connectivity index (χ1n) is 7.47. The third kappa shape index (κ3) is 3.12. The average molecular weight is 349 g/mol. The van der Waals surface area contributed by atoms with Gasteiger partial charge in [-0.3, -0.25) is 9.88 Å². The fourth-order valence-corrected chi connectivity index (χ4v) is 3.71. The van der Waals surface area contributed by atoms with E-state index in [0.29, 0.717) is 0 Å². The molecule has 1 aliphatic heterocycles. The fourth-order valence-electron chi connectivity index (χ4n) is 3.26. The maximum atomic E-state index is 9.60. The van der Waals surface area contributed by atoms with Gasteiger partial charge in [0, 0.05) is 41.2 Å². The van der Waals surface area contributed by atoms with E-state index >= 15 is 0 Å². The molecule has 1 N–H and O–H groups in total. The van der Waals surface area contributed by atoms with Crippen LogP contribution < -0.4 is 0 Å². The van der Waals surface area contributed by atoms with Crippen LogP contribution in [0, 0.1) is 5.41 Å². The van der Waals surface area contributed by atoms with Gasteiger partial charge in [0.25, 0.3) is 0 Å². The molecule has 0 amide bonds. The maximum Gasteiger partial charge on any atom is 0.0758 e. The predicted molar refractivity (Wildman–Crippen MR) is 89.1 cm³/mol. The van der Waals surface area contributed by atoms with E-state index in [1.165, 1.54) is 5.56 Å². The lowest BCUT2D eigenvalue weighted by Gasteiger charge is -2.39. The smallest absolute Gasteiger partial charge is 0.0758 e. The summed E-state index contributed by atoms with van der Waals surface area (Å²) in [4.78, 5) is 7.00. The van der Waals surface area contributed by atoms with E-state index in [2.05, 4.69) is 50.9 Å². The van der Waals surface area contributed by atoms with Crippen LogP contribution in [0.25, 0.3) is 10.9 Å². The maximum absolute atomic E-state index is 9.60. The molecule has 2 heterocycles. The summed E-state index contributed by atoms with van der Waals surface area (Å²) in [6.07, 6.45) is 4.12. The van der Waals surface area contributed by atoms with Crippen LogP contribution in [0.5, 0.6) is 0 Å². The van der Waals surface area contributed by atoms with Crippen LogP contribution in [-0.4, -0.2) is 34.7 Å². The monoisotopic (exact) mass is 348 g/mol. The molecule has 0 saturated carbocycles. The Kier molecular flexibility index (Phi) is 4.29. The number of hydrogen-bond acceptors (Lipinski definition) is 3. The Morgan fingerprint density at radius 3 is 3.05 bits per heavy atom. The Morgan fingerprint density at radius 1 is 1.38 bits per heavy atom. The minimum atomic E-state index is 0.0385. The van der Waals surface area contributed by atoms with Crippen molar-refractivity contribution in [3.05, 3.63) is 40.5 Å². The zero-order chi connectivity index (χ0) is 14.9. The van der Waals surface area contributed by atoms with Crippen LogP contribution in [0.1, 0.15) is 25.3 Å². The standard InChI is InChI=1S/C17H21BrN2O/c1-17(12-21)7-3-9-20(11-17)10-13-5-6-15(18)14-4-2-8-19-16(13)14/h2,4-6,8,21H,3,7,9-12H2,1H3. The molecule has 1 atom stereocenters. The SMILES string of the molecule is CC1(CO)CCCN(Cc2ccc(Br)c3cccnc23)C1. The van der Waals surface area contributed by atoms with Crippen molar-refractivity contribution in [3.63, 3.8) is 0 Å². The number of aliphatic hydroxyl groups is 1. The quantitative estimate of drug-likeness (QED) is 0.920. The first-order valence-corrected chi connectivity index (χ1v) is 8.26. The number of fused-ring (bicyclic) bond motifs is 1. The van der Waals surface area contributed by atoms with Gasteiger partial charge in [-0.15, -0.1) is 0 Å². The third-order valence-electron chi connectivity index (χ3n) is 4.44. The number of benzene rings is 1. The number of aliphatic hydroxyl groups excluding tert-OH is 1. The third-order valence-corrected chi connectivity index (χ3v) is 5.13. The van der Waals surface area contributed by atoms with E-state index < -0.39 is 0 Å². The number of halogens is 1. The van der Waals surface area contributed by atoms with Crippen LogP contribution in [-0.2, 0) is 6.54 Å². The largest absolute Gasteiger partial charge is 0.396 e. The molecule has 1 aliphatic rings. The van der Waals surface area contributed by atoms with Crippen molar-refractivity contribution in [1.82, 2.24) is 9.88 Å². The molecule has 1 aromatic heterocycles. The van der Waals surface area contributed by atoms with E-state index in [0.717, 1.165) is 47.9 Å². The molecular formula is C17H21BrN2O. The van der Waals surface area contributed by atoms with Gasteiger partial charge in [0.05, 0.1) is 5.52 Å². The van der Waals surface area contributed by atoms with Crippen molar-refractivity contribution in [1.29, 1.82) is 0 Å². The van der Waals surface area contributed by atoms with Gasteiger partial charge < -0.3 is 5.11 Å². The lowest BCUT2D eigenvalue weighted by molar-refractivity contribution is 0.0431. The molecule has 0 spiro atoms. The second kappa shape index (κ2) is 6.03. The van der Waals surface area contributed by atoms with Gasteiger partial charge in [-0.25, -0.2) is 0 Å². The number of likely N-dealkylation sites (tertiary alicyclic amines) is 1. The fraction of sp³-hybridized carbons (Fsp3) is 0.471. The van der Waals surface area contributed by atoms with Gasteiger partial charge in [0.2, 0.25) is 0 Å². The molecule has 0 bridgehead atoms. The summed E-state index contributed by atoms with van der Waals surface area (Å²) in [6, 6.07) is 8.34. The van der Waals surface area contributed by atoms with Crippen molar-refractivity contribution in [2.24, 2.45) is 5.41 Å². The molecule has 3 rings (SSSR count). The topological polar surface area (TPSA) is 36.4 Å². The highest BCUT2D eigenvalue weighted by molar-refractivity contribution is 9.10. The summed E-state index contributed by atoms with van der Waals surface area (Å²) in [5, 5.41) is 10.8. The molecule has 3 nitrogen and oxygen atoms in total. The zero-order valence-electron chi connectivity index (χ0n) is 12.3. The number of rotatable bonds is 3. The van der Waals surface area contributed by atoms with Gasteiger partial charge in [-0.2, -0.15) is 0 Å². The molecule has 0 aliphatic carbocycles. The van der Waals surface area contributed by atoms with Gasteiger partial charge in [-0.05, 0) is 37.1 Å². The predicted octanol–water partition coefficient (Wildman–Crippen LogP) is 3.59. The number of piperidine rings is 1. The number of pyridine rings is 1. The van der Waals surface area contributed by atoms with Crippen LogP contribution in [0.4, 0.5) is 0 Å². The molecule has 1 fully saturated rings. The summed E-state index contributed by atoms with van der Waals surface area (Å²) >= 11 is 3.60. The summed E-state index contributed by atoms with van der Waals surface area (Å²) in [5.41, 5.74) is 2.37. The summed E-state index contributed by atoms with van der Waals surface area (Å²) in [6.45, 7) is 5.39. The van der Waals surface area contributed by atoms with Crippen LogP contribution >= 0.6 is 15.9 Å². The van der Waals surface area contributed by atoms with Crippen molar-refractivity contribution in [3.8, 4) is 0 Å². The highest BCUT2D eigenvalue weighted by Gasteiger charge is 2.30. The highest BCUT2D eigenvalue weighted by Crippen LogP contribution is 2.31. The summed E-state index contributed by atoms with van der Waals surface area (Å²) < 4.78 is 1.09. The first kappa shape index (κ1) is 14.9. The molecular weight excluding hydrogens is 328 g/mol. The number of nitrogens with zero attached hydrogens (tertiary/aromatic N) is 2. The van der Waals surface area contributed by atoms with E-state index in [1.807, 2.05) is 12.3 Å². The normalized spacial score (nSPS) is 23.6. The lowest BCUT2D eigenvalue weighted by Crippen LogP contribution is -2.43. The van der Waals surface area contributed by atoms with Gasteiger partial charge in [0.15, 0.2) is 0 Å². The van der Waals surface area contributed by atoms with Crippen LogP contribution in [0.15, 0.2) is 34.9 Å². The molecule has 2 aromatic rings. The van der Waals surface area contributed by atoms with Crippen LogP contribution in [0.2, 0.25) is 0 Å². The molecule has 21 heavy (non-hydrogen) atoms. The van der Waals surface area contributed by atoms with E-state index in [9.17, 15) is 5.11 Å². The minimum absolute atomic E-state index is 0.0385.